The van der Waals surface area contributed by atoms with Crippen molar-refractivity contribution in [1.82, 2.24) is 9.91 Å². The van der Waals surface area contributed by atoms with Gasteiger partial charge in [-0.2, -0.15) is 5.10 Å². The molecule has 37 heavy (non-hydrogen) atoms. The van der Waals surface area contributed by atoms with Crippen LogP contribution < -0.4 is 5.73 Å². The summed E-state index contributed by atoms with van der Waals surface area (Å²) < 4.78 is 0. The molecular formula is C32H42N4O. The maximum Gasteiger partial charge on any atom is 0.215 e. The molecule has 2 N–H and O–H groups in total. The second-order valence-electron chi connectivity index (χ2n) is 10.8. The van der Waals surface area contributed by atoms with Crippen LogP contribution in [0.4, 0.5) is 5.69 Å². The van der Waals surface area contributed by atoms with Crippen LogP contribution in [0.2, 0.25) is 0 Å². The summed E-state index contributed by atoms with van der Waals surface area (Å²) in [5.41, 5.74) is 14.2. The normalized spacial score (nSPS) is 11.9. The molecule has 0 unspecified atom stereocenters. The molecule has 0 aromatic heterocycles. The first-order valence-electron chi connectivity index (χ1n) is 13.2. The fraction of sp³-hybridized carbons (Fsp3) is 0.375. The number of rotatable bonds is 10. The molecule has 1 amide bonds. The molecule has 0 aliphatic carbocycles. The highest BCUT2D eigenvalue weighted by molar-refractivity contribution is 5.90. The van der Waals surface area contributed by atoms with E-state index in [1.54, 1.807) is 4.90 Å². The van der Waals surface area contributed by atoms with E-state index in [1.807, 2.05) is 32.0 Å². The van der Waals surface area contributed by atoms with Gasteiger partial charge in [-0.25, -0.2) is 0 Å². The lowest BCUT2D eigenvalue weighted by molar-refractivity contribution is -0.114. The lowest BCUT2D eigenvalue weighted by Crippen LogP contribution is -2.31. The molecule has 3 aromatic carbocycles. The van der Waals surface area contributed by atoms with Gasteiger partial charge in [0.2, 0.25) is 6.41 Å². The highest BCUT2D eigenvalue weighted by atomic mass is 16.1. The number of aryl methyl sites for hydroxylation is 2. The maximum absolute atomic E-state index is 11.7. The molecular weight excluding hydrogens is 456 g/mol. The molecule has 3 rings (SSSR count). The van der Waals surface area contributed by atoms with Gasteiger partial charge in [0.15, 0.2) is 0 Å². The van der Waals surface area contributed by atoms with Gasteiger partial charge in [-0.1, -0.05) is 81.4 Å². The minimum Gasteiger partial charge on any atom is -0.398 e. The molecule has 5 nitrogen and oxygen atoms in total. The van der Waals surface area contributed by atoms with E-state index >= 15 is 0 Å². The Morgan fingerprint density at radius 1 is 0.946 bits per heavy atom. The van der Waals surface area contributed by atoms with Gasteiger partial charge in [0.05, 0.1) is 6.54 Å². The van der Waals surface area contributed by atoms with Crippen molar-refractivity contribution in [2.24, 2.45) is 5.10 Å². The van der Waals surface area contributed by atoms with Crippen LogP contribution in [0.15, 0.2) is 71.8 Å². The second kappa shape index (κ2) is 12.6. The van der Waals surface area contributed by atoms with E-state index in [0.717, 1.165) is 53.9 Å². The number of nitrogens with zero attached hydrogens (tertiary/aromatic N) is 3. The number of amides is 1. The zero-order valence-corrected chi connectivity index (χ0v) is 23.3. The third-order valence-corrected chi connectivity index (χ3v) is 6.75. The molecule has 0 aliphatic rings. The molecule has 5 heteroatoms. The van der Waals surface area contributed by atoms with Crippen molar-refractivity contribution >= 4 is 17.9 Å². The molecule has 0 spiro atoms. The summed E-state index contributed by atoms with van der Waals surface area (Å²) in [5, 5.41) is 6.74. The Labute approximate surface area is 223 Å². The van der Waals surface area contributed by atoms with Gasteiger partial charge in [-0.05, 0) is 71.6 Å². The number of carbonyl (C=O) groups excluding carboxylic acids is 1. The fourth-order valence-corrected chi connectivity index (χ4v) is 4.31. The summed E-state index contributed by atoms with van der Waals surface area (Å²) in [6.45, 7) is 12.0. The van der Waals surface area contributed by atoms with Crippen LogP contribution in [0, 0.1) is 6.92 Å². The van der Waals surface area contributed by atoms with Gasteiger partial charge in [0, 0.05) is 25.7 Å². The number of hydrogen-bond donors (Lipinski definition) is 1. The first-order chi connectivity index (χ1) is 17.6. The summed E-state index contributed by atoms with van der Waals surface area (Å²) in [7, 11) is 1.97. The molecule has 0 heterocycles. The molecule has 0 saturated heterocycles. The van der Waals surface area contributed by atoms with Crippen LogP contribution in [0.3, 0.4) is 0 Å². The van der Waals surface area contributed by atoms with E-state index in [9.17, 15) is 4.79 Å². The van der Waals surface area contributed by atoms with Crippen molar-refractivity contribution < 1.29 is 4.79 Å². The molecule has 0 aliphatic heterocycles. The van der Waals surface area contributed by atoms with Gasteiger partial charge in [-0.15, -0.1) is 0 Å². The Morgan fingerprint density at radius 3 is 2.14 bits per heavy atom. The SMILES string of the molecule is CCN(C=O)/C(CCCc1ccc(-c2ccc(C)c(N)c2)cc1)=N\N(C)Cc1ccc(C(C)(C)C)cc1. The standard InChI is InChI=1S/C32H42N4O/c1-7-36(23-37)31(34-35(6)22-26-14-19-29(20-15-26)32(3,4)5)10-8-9-25-12-17-27(18-13-25)28-16-11-24(2)30(33)21-28/h11-21,23H,7-10,22,33H2,1-6H3/b34-31-. The summed E-state index contributed by atoms with van der Waals surface area (Å²) in [6.07, 6.45) is 3.45. The number of amidine groups is 1. The Balaban J connectivity index is 1.62. The average molecular weight is 499 g/mol. The molecule has 196 valence electrons. The quantitative estimate of drug-likeness (QED) is 0.110. The smallest absolute Gasteiger partial charge is 0.215 e. The second-order valence-corrected chi connectivity index (χ2v) is 10.8. The van der Waals surface area contributed by atoms with Crippen LogP contribution >= 0.6 is 0 Å². The van der Waals surface area contributed by atoms with E-state index in [-0.39, 0.29) is 5.41 Å². The number of nitrogen functional groups attached to an aromatic ring is 1. The maximum atomic E-state index is 11.7. The van der Waals surface area contributed by atoms with Gasteiger partial charge >= 0.3 is 0 Å². The highest BCUT2D eigenvalue weighted by Gasteiger charge is 2.14. The number of anilines is 1. The van der Waals surface area contributed by atoms with Crippen molar-refractivity contribution in [3.8, 4) is 11.1 Å². The van der Waals surface area contributed by atoms with Crippen LogP contribution in [0.5, 0.6) is 0 Å². The van der Waals surface area contributed by atoms with Crippen LogP contribution in [-0.2, 0) is 23.2 Å². The van der Waals surface area contributed by atoms with E-state index < -0.39 is 0 Å². The van der Waals surface area contributed by atoms with E-state index in [2.05, 4.69) is 81.4 Å². The number of benzene rings is 3. The number of nitrogens with two attached hydrogens (primary N) is 1. The van der Waals surface area contributed by atoms with Gasteiger partial charge in [0.25, 0.3) is 0 Å². The molecule has 3 aromatic rings. The average Bonchev–Trinajstić information content (AvgIpc) is 2.86. The van der Waals surface area contributed by atoms with Crippen molar-refractivity contribution in [3.05, 3.63) is 89.0 Å². The summed E-state index contributed by atoms with van der Waals surface area (Å²) in [5.74, 6) is 0.804. The van der Waals surface area contributed by atoms with E-state index in [4.69, 9.17) is 10.8 Å². The first-order valence-corrected chi connectivity index (χ1v) is 13.2. The van der Waals surface area contributed by atoms with Crippen LogP contribution in [0.25, 0.3) is 11.1 Å². The van der Waals surface area contributed by atoms with Gasteiger partial charge in [-0.3, -0.25) is 9.80 Å². The van der Waals surface area contributed by atoms with Crippen molar-refractivity contribution in [1.29, 1.82) is 0 Å². The largest absolute Gasteiger partial charge is 0.398 e. The van der Waals surface area contributed by atoms with Crippen molar-refractivity contribution in [3.63, 3.8) is 0 Å². The Kier molecular flexibility index (Phi) is 9.51. The lowest BCUT2D eigenvalue weighted by atomic mass is 9.87. The van der Waals surface area contributed by atoms with Gasteiger partial charge in [0.1, 0.15) is 5.84 Å². The number of hydrazone groups is 1. The van der Waals surface area contributed by atoms with Gasteiger partial charge < -0.3 is 10.6 Å². The van der Waals surface area contributed by atoms with Crippen LogP contribution in [-0.4, -0.2) is 35.7 Å². The van der Waals surface area contributed by atoms with E-state index in [1.165, 1.54) is 16.7 Å². The topological polar surface area (TPSA) is 61.9 Å². The molecule has 0 fully saturated rings. The van der Waals surface area contributed by atoms with Crippen molar-refractivity contribution in [2.45, 2.75) is 65.8 Å². The summed E-state index contributed by atoms with van der Waals surface area (Å²) in [6, 6.07) is 23.6. The third-order valence-electron chi connectivity index (χ3n) is 6.75. The summed E-state index contributed by atoms with van der Waals surface area (Å²) >= 11 is 0. The zero-order chi connectivity index (χ0) is 27.0. The highest BCUT2D eigenvalue weighted by Crippen LogP contribution is 2.25. The number of hydrogen-bond acceptors (Lipinski definition) is 4. The predicted molar refractivity (Wildman–Crippen MR) is 156 cm³/mol. The third kappa shape index (κ3) is 7.94. The van der Waals surface area contributed by atoms with Crippen LogP contribution in [0.1, 0.15) is 62.8 Å². The number of carbonyl (C=O) groups is 1. The Hall–Kier alpha value is -3.60. The monoisotopic (exact) mass is 498 g/mol. The zero-order valence-electron chi connectivity index (χ0n) is 23.3. The lowest BCUT2D eigenvalue weighted by Gasteiger charge is -2.22. The molecule has 0 saturated carbocycles. The van der Waals surface area contributed by atoms with Crippen molar-refractivity contribution in [2.75, 3.05) is 19.3 Å². The van der Waals surface area contributed by atoms with E-state index in [0.29, 0.717) is 13.1 Å². The molecule has 0 atom stereocenters. The Bertz CT molecular complexity index is 1190. The minimum absolute atomic E-state index is 0.135. The fourth-order valence-electron chi connectivity index (χ4n) is 4.31. The predicted octanol–water partition coefficient (Wildman–Crippen LogP) is 6.79. The molecule has 0 radical (unpaired) electrons. The minimum atomic E-state index is 0.135. The first kappa shape index (κ1) is 28.0. The molecule has 0 bridgehead atoms. The Morgan fingerprint density at radius 2 is 1.57 bits per heavy atom. The summed E-state index contributed by atoms with van der Waals surface area (Å²) in [4.78, 5) is 13.4.